The lowest BCUT2D eigenvalue weighted by molar-refractivity contribution is -0.113. The van der Waals surface area contributed by atoms with Crippen LogP contribution in [0.2, 0.25) is 5.02 Å². The number of hydrogen-bond donors (Lipinski definition) is 1. The summed E-state index contributed by atoms with van der Waals surface area (Å²) >= 11 is 10.7. The Kier molecular flexibility index (Phi) is 6.10. The number of amides is 1. The maximum absolute atomic E-state index is 12.7. The van der Waals surface area contributed by atoms with E-state index in [-0.39, 0.29) is 17.7 Å². The first-order valence-electron chi connectivity index (χ1n) is 10.2. The van der Waals surface area contributed by atoms with Gasteiger partial charge in [-0.25, -0.2) is 5.01 Å². The maximum Gasteiger partial charge on any atom is 0.286 e. The molecule has 2 aliphatic rings. The topological polar surface area (TPSA) is 65.3 Å². The largest absolute Gasteiger partial charge is 0.507 e. The first-order valence-corrected chi connectivity index (χ1v) is 12.2. The maximum atomic E-state index is 12.7. The predicted molar refractivity (Wildman–Crippen MR) is 137 cm³/mol. The van der Waals surface area contributed by atoms with Crippen molar-refractivity contribution in [2.24, 2.45) is 10.1 Å². The van der Waals surface area contributed by atoms with Crippen LogP contribution in [0.5, 0.6) is 5.75 Å². The first-order chi connectivity index (χ1) is 16.0. The van der Waals surface area contributed by atoms with Crippen molar-refractivity contribution in [2.45, 2.75) is 12.5 Å². The SMILES string of the molecule is O=C1N=C(N2N=C(c3ccccc3)CC2c2ccc(Cl)cc2)S/C1=C\c1cc(Br)ccc1O. The normalized spacial score (nSPS) is 19.2. The average molecular weight is 539 g/mol. The van der Waals surface area contributed by atoms with Crippen LogP contribution in [0, 0.1) is 0 Å². The molecule has 0 spiro atoms. The molecule has 2 heterocycles. The number of nitrogens with zero attached hydrogens (tertiary/aromatic N) is 3. The predicted octanol–water partition coefficient (Wildman–Crippen LogP) is 6.63. The third-order valence-electron chi connectivity index (χ3n) is 5.35. The van der Waals surface area contributed by atoms with Crippen LogP contribution in [-0.2, 0) is 4.79 Å². The highest BCUT2D eigenvalue weighted by Crippen LogP contribution is 2.40. The summed E-state index contributed by atoms with van der Waals surface area (Å²) in [5.74, 6) is -0.259. The van der Waals surface area contributed by atoms with Crippen molar-refractivity contribution in [2.75, 3.05) is 0 Å². The van der Waals surface area contributed by atoms with E-state index in [4.69, 9.17) is 16.7 Å². The molecule has 0 radical (unpaired) electrons. The molecule has 1 N–H and O–H groups in total. The van der Waals surface area contributed by atoms with E-state index in [1.807, 2.05) is 59.6 Å². The van der Waals surface area contributed by atoms with Gasteiger partial charge >= 0.3 is 0 Å². The van der Waals surface area contributed by atoms with Gasteiger partial charge in [-0.1, -0.05) is 70.0 Å². The van der Waals surface area contributed by atoms with Crippen molar-refractivity contribution in [3.8, 4) is 5.75 Å². The third-order valence-corrected chi connectivity index (χ3v) is 7.07. The molecule has 0 aromatic heterocycles. The number of hydrazone groups is 1. The molecule has 2 aliphatic heterocycles. The number of phenolic OH excluding ortho intramolecular Hbond substituents is 1. The molecule has 1 unspecified atom stereocenters. The summed E-state index contributed by atoms with van der Waals surface area (Å²) in [5, 5.41) is 18.0. The summed E-state index contributed by atoms with van der Waals surface area (Å²) in [5.41, 5.74) is 3.53. The van der Waals surface area contributed by atoms with Crippen molar-refractivity contribution in [1.82, 2.24) is 5.01 Å². The average Bonchev–Trinajstić information content (AvgIpc) is 3.41. The van der Waals surface area contributed by atoms with E-state index < -0.39 is 0 Å². The van der Waals surface area contributed by atoms with Gasteiger partial charge < -0.3 is 5.11 Å². The van der Waals surface area contributed by atoms with Crippen LogP contribution in [0.25, 0.3) is 6.08 Å². The third kappa shape index (κ3) is 4.62. The van der Waals surface area contributed by atoms with Crippen molar-refractivity contribution in [3.05, 3.63) is 104 Å². The fourth-order valence-corrected chi connectivity index (χ4v) is 5.13. The highest BCUT2D eigenvalue weighted by atomic mass is 79.9. The molecule has 0 bridgehead atoms. The molecular formula is C25H17BrClN3O2S. The van der Waals surface area contributed by atoms with Gasteiger partial charge in [0, 0.05) is 21.5 Å². The van der Waals surface area contributed by atoms with E-state index in [2.05, 4.69) is 20.9 Å². The number of halogens is 2. The van der Waals surface area contributed by atoms with E-state index in [0.717, 1.165) is 21.3 Å². The number of hydrogen-bond acceptors (Lipinski definition) is 5. The van der Waals surface area contributed by atoms with Crippen LogP contribution in [0.1, 0.15) is 29.2 Å². The summed E-state index contributed by atoms with van der Waals surface area (Å²) in [6.07, 6.45) is 2.32. The zero-order valence-electron chi connectivity index (χ0n) is 17.2. The first kappa shape index (κ1) is 21.9. The molecule has 0 aliphatic carbocycles. The number of phenols is 1. The second-order valence-electron chi connectivity index (χ2n) is 7.54. The molecule has 3 aromatic rings. The van der Waals surface area contributed by atoms with Gasteiger partial charge in [0.25, 0.3) is 5.91 Å². The van der Waals surface area contributed by atoms with E-state index in [1.54, 1.807) is 24.3 Å². The van der Waals surface area contributed by atoms with Gasteiger partial charge in [-0.15, -0.1) is 0 Å². The summed E-state index contributed by atoms with van der Waals surface area (Å²) in [6.45, 7) is 0. The molecule has 8 heteroatoms. The minimum absolute atomic E-state index is 0.0946. The van der Waals surface area contributed by atoms with E-state index in [9.17, 15) is 9.90 Å². The number of amidine groups is 1. The van der Waals surface area contributed by atoms with E-state index in [0.29, 0.717) is 27.1 Å². The van der Waals surface area contributed by atoms with Crippen LogP contribution in [0.4, 0.5) is 0 Å². The van der Waals surface area contributed by atoms with Crippen LogP contribution in [-0.4, -0.2) is 26.9 Å². The monoisotopic (exact) mass is 537 g/mol. The van der Waals surface area contributed by atoms with Gasteiger partial charge in [0.05, 0.1) is 16.7 Å². The summed E-state index contributed by atoms with van der Waals surface area (Å²) in [7, 11) is 0. The molecule has 164 valence electrons. The lowest BCUT2D eigenvalue weighted by atomic mass is 9.99. The summed E-state index contributed by atoms with van der Waals surface area (Å²) in [4.78, 5) is 17.4. The van der Waals surface area contributed by atoms with E-state index in [1.165, 1.54) is 11.8 Å². The molecule has 33 heavy (non-hydrogen) atoms. The van der Waals surface area contributed by atoms with Crippen LogP contribution < -0.4 is 0 Å². The molecule has 5 rings (SSSR count). The Hall–Kier alpha value is -2.87. The molecule has 1 amide bonds. The van der Waals surface area contributed by atoms with Gasteiger partial charge in [0.1, 0.15) is 5.75 Å². The smallest absolute Gasteiger partial charge is 0.286 e. The van der Waals surface area contributed by atoms with Crippen molar-refractivity contribution in [3.63, 3.8) is 0 Å². The number of carbonyl (C=O) groups is 1. The minimum atomic E-state index is -0.354. The molecule has 0 saturated heterocycles. The van der Waals surface area contributed by atoms with Gasteiger partial charge in [0.2, 0.25) is 0 Å². The van der Waals surface area contributed by atoms with Crippen LogP contribution >= 0.6 is 39.3 Å². The van der Waals surface area contributed by atoms with E-state index >= 15 is 0 Å². The van der Waals surface area contributed by atoms with Crippen molar-refractivity contribution in [1.29, 1.82) is 0 Å². The zero-order chi connectivity index (χ0) is 22.9. The van der Waals surface area contributed by atoms with Gasteiger partial charge in [-0.3, -0.25) is 4.79 Å². The lowest BCUT2D eigenvalue weighted by Crippen LogP contribution is -2.23. The van der Waals surface area contributed by atoms with Gasteiger partial charge in [-0.05, 0) is 59.3 Å². The Balaban J connectivity index is 1.49. The Labute approximate surface area is 208 Å². The summed E-state index contributed by atoms with van der Waals surface area (Å²) in [6, 6.07) is 22.6. The highest BCUT2D eigenvalue weighted by molar-refractivity contribution is 9.10. The number of benzene rings is 3. The Bertz CT molecular complexity index is 1320. The lowest BCUT2D eigenvalue weighted by Gasteiger charge is -2.22. The fourth-order valence-electron chi connectivity index (χ4n) is 3.71. The second kappa shape index (κ2) is 9.17. The number of aromatic hydroxyl groups is 1. The molecule has 0 fully saturated rings. The molecular weight excluding hydrogens is 522 g/mol. The fraction of sp³-hybridized carbons (Fsp3) is 0.0800. The standard InChI is InChI=1S/C25H17BrClN3O2S/c26-18-8-11-22(31)17(12-18)13-23-24(32)28-25(33-23)30-21(16-6-9-19(27)10-7-16)14-20(29-30)15-4-2-1-3-5-15/h1-13,21,31H,14H2/b23-13-. The van der Waals surface area contributed by atoms with Gasteiger partial charge in [-0.2, -0.15) is 10.1 Å². The number of rotatable bonds is 3. The van der Waals surface area contributed by atoms with Crippen LogP contribution in [0.15, 0.2) is 92.3 Å². The quantitative estimate of drug-likeness (QED) is 0.380. The summed E-state index contributed by atoms with van der Waals surface area (Å²) < 4.78 is 0.809. The number of carbonyl (C=O) groups excluding carboxylic acids is 1. The zero-order valence-corrected chi connectivity index (χ0v) is 20.3. The van der Waals surface area contributed by atoms with Crippen LogP contribution in [0.3, 0.4) is 0 Å². The van der Waals surface area contributed by atoms with Crippen molar-refractivity contribution >= 4 is 62.2 Å². The molecule has 1 atom stereocenters. The molecule has 5 nitrogen and oxygen atoms in total. The second-order valence-corrected chi connectivity index (χ2v) is 9.90. The number of aliphatic imine (C=N–C) groups is 1. The minimum Gasteiger partial charge on any atom is -0.507 e. The molecule has 3 aromatic carbocycles. The Morgan fingerprint density at radius 3 is 2.61 bits per heavy atom. The van der Waals surface area contributed by atoms with Crippen molar-refractivity contribution < 1.29 is 9.90 Å². The highest BCUT2D eigenvalue weighted by Gasteiger charge is 2.36. The Morgan fingerprint density at radius 1 is 1.09 bits per heavy atom. The Morgan fingerprint density at radius 2 is 1.85 bits per heavy atom. The molecule has 0 saturated carbocycles. The van der Waals surface area contributed by atoms with Gasteiger partial charge in [0.15, 0.2) is 5.17 Å². The number of thioether (sulfide) groups is 1.